The Hall–Kier alpha value is -1.30. The maximum atomic E-state index is 3.76. The van der Waals surface area contributed by atoms with Crippen molar-refractivity contribution in [3.8, 4) is 0 Å². The molecule has 0 radical (unpaired) electrons. The average Bonchev–Trinajstić information content (AvgIpc) is 2.16. The predicted octanol–water partition coefficient (Wildman–Crippen LogP) is 3.36. The molecule has 0 bridgehead atoms. The fourth-order valence-corrected chi connectivity index (χ4v) is 1.12. The highest BCUT2D eigenvalue weighted by molar-refractivity contribution is 5.26. The lowest BCUT2D eigenvalue weighted by Gasteiger charge is -2.00. The first kappa shape index (κ1) is 8.79. The lowest BCUT2D eigenvalue weighted by molar-refractivity contribution is 1.19. The fourth-order valence-electron chi connectivity index (χ4n) is 1.12. The third-order valence-corrected chi connectivity index (χ3v) is 1.88. The van der Waals surface area contributed by atoms with Gasteiger partial charge in [0, 0.05) is 0 Å². The first-order chi connectivity index (χ1) is 5.86. The van der Waals surface area contributed by atoms with E-state index in [0.29, 0.717) is 0 Å². The van der Waals surface area contributed by atoms with Gasteiger partial charge >= 0.3 is 0 Å². The minimum Gasteiger partial charge on any atom is -0.0988 e. The van der Waals surface area contributed by atoms with E-state index in [-0.39, 0.29) is 0 Å². The zero-order valence-electron chi connectivity index (χ0n) is 7.46. The molecule has 1 rings (SSSR count). The molecule has 0 aliphatic carbocycles. The third-order valence-electron chi connectivity index (χ3n) is 1.88. The van der Waals surface area contributed by atoms with Crippen molar-refractivity contribution in [3.63, 3.8) is 0 Å². The third kappa shape index (κ3) is 2.39. The van der Waals surface area contributed by atoms with E-state index in [2.05, 4.69) is 36.9 Å². The van der Waals surface area contributed by atoms with Crippen LogP contribution in [0.2, 0.25) is 0 Å². The molecular formula is C12H14. The smallest absolute Gasteiger partial charge is 0.00293 e. The second-order valence-electron chi connectivity index (χ2n) is 2.73. The van der Waals surface area contributed by atoms with Gasteiger partial charge in [-0.15, -0.1) is 0 Å². The molecule has 0 heterocycles. The highest BCUT2D eigenvalue weighted by Crippen LogP contribution is 2.07. The second kappa shape index (κ2) is 4.55. The number of benzene rings is 1. The molecule has 0 spiro atoms. The van der Waals surface area contributed by atoms with Gasteiger partial charge < -0.3 is 0 Å². The predicted molar refractivity (Wildman–Crippen MR) is 54.1 cm³/mol. The van der Waals surface area contributed by atoms with Crippen LogP contribution in [0.4, 0.5) is 0 Å². The first-order valence-corrected chi connectivity index (χ1v) is 4.18. The fraction of sp³-hybridized carbons (Fsp3) is 0.167. The molecule has 0 aliphatic rings. The van der Waals surface area contributed by atoms with Crippen LogP contribution in [0.5, 0.6) is 0 Å². The van der Waals surface area contributed by atoms with Crippen LogP contribution in [0.3, 0.4) is 0 Å². The van der Waals surface area contributed by atoms with Crippen molar-refractivity contribution in [2.24, 2.45) is 0 Å². The molecule has 0 amide bonds. The molecule has 0 heteroatoms. The molecular weight excluding hydrogens is 144 g/mol. The van der Waals surface area contributed by atoms with E-state index >= 15 is 0 Å². The second-order valence-corrected chi connectivity index (χ2v) is 2.73. The van der Waals surface area contributed by atoms with Crippen molar-refractivity contribution in [2.75, 3.05) is 0 Å². The van der Waals surface area contributed by atoms with Crippen molar-refractivity contribution < 1.29 is 0 Å². The summed E-state index contributed by atoms with van der Waals surface area (Å²) in [5, 5.41) is 0. The summed E-state index contributed by atoms with van der Waals surface area (Å²) in [4.78, 5) is 0. The maximum Gasteiger partial charge on any atom is -0.00293 e. The lowest BCUT2D eigenvalue weighted by Crippen LogP contribution is -1.85. The Morgan fingerprint density at radius 2 is 2.00 bits per heavy atom. The van der Waals surface area contributed by atoms with E-state index in [0.717, 1.165) is 6.42 Å². The molecule has 1 aromatic rings. The van der Waals surface area contributed by atoms with E-state index in [9.17, 15) is 0 Å². The van der Waals surface area contributed by atoms with Gasteiger partial charge in [-0.2, -0.15) is 0 Å². The summed E-state index contributed by atoms with van der Waals surface area (Å²) in [5.41, 5.74) is 2.62. The molecule has 0 aromatic heterocycles. The number of hydrogen-bond donors (Lipinski definition) is 0. The molecule has 0 saturated carbocycles. The summed E-state index contributed by atoms with van der Waals surface area (Å²) in [6.07, 6.45) is 4.99. The monoisotopic (exact) mass is 158 g/mol. The normalized spacial score (nSPS) is 11.2. The van der Waals surface area contributed by atoms with Gasteiger partial charge in [-0.1, -0.05) is 49.1 Å². The van der Waals surface area contributed by atoms with Gasteiger partial charge in [0.2, 0.25) is 0 Å². The zero-order valence-corrected chi connectivity index (χ0v) is 7.46. The van der Waals surface area contributed by atoms with Crippen molar-refractivity contribution >= 4 is 0 Å². The van der Waals surface area contributed by atoms with Crippen molar-refractivity contribution in [1.29, 1.82) is 0 Å². The quantitative estimate of drug-likeness (QED) is 0.592. The SMILES string of the molecule is C=C/C(=C/C)Cc1ccccc1. The zero-order chi connectivity index (χ0) is 8.81. The van der Waals surface area contributed by atoms with Crippen LogP contribution in [0.1, 0.15) is 12.5 Å². The Morgan fingerprint density at radius 3 is 2.50 bits per heavy atom. The van der Waals surface area contributed by atoms with E-state index in [1.165, 1.54) is 11.1 Å². The standard InChI is InChI=1S/C12H14/c1-3-11(4-2)10-12-8-6-5-7-9-12/h3-9H,1,10H2,2H3/b11-4-. The minimum absolute atomic E-state index is 0.987. The summed E-state index contributed by atoms with van der Waals surface area (Å²) in [6.45, 7) is 5.80. The maximum absolute atomic E-state index is 3.76. The molecule has 0 nitrogen and oxygen atoms in total. The van der Waals surface area contributed by atoms with Crippen LogP contribution < -0.4 is 0 Å². The summed E-state index contributed by atoms with van der Waals surface area (Å²) < 4.78 is 0. The van der Waals surface area contributed by atoms with Gasteiger partial charge in [-0.25, -0.2) is 0 Å². The molecule has 0 N–H and O–H groups in total. The summed E-state index contributed by atoms with van der Waals surface area (Å²) in [5.74, 6) is 0. The first-order valence-electron chi connectivity index (χ1n) is 4.18. The Kier molecular flexibility index (Phi) is 3.34. The van der Waals surface area contributed by atoms with Gasteiger partial charge in [0.25, 0.3) is 0 Å². The Balaban J connectivity index is 2.70. The lowest BCUT2D eigenvalue weighted by atomic mass is 10.1. The highest BCUT2D eigenvalue weighted by atomic mass is 14.0. The average molecular weight is 158 g/mol. The molecule has 1 aromatic carbocycles. The van der Waals surface area contributed by atoms with Gasteiger partial charge in [0.1, 0.15) is 0 Å². The van der Waals surface area contributed by atoms with Gasteiger partial charge in [-0.3, -0.25) is 0 Å². The number of hydrogen-bond acceptors (Lipinski definition) is 0. The van der Waals surface area contributed by atoms with Crippen LogP contribution in [0.25, 0.3) is 0 Å². The molecule has 0 unspecified atom stereocenters. The molecule has 0 fully saturated rings. The van der Waals surface area contributed by atoms with Gasteiger partial charge in [0.05, 0.1) is 0 Å². The van der Waals surface area contributed by atoms with Crippen LogP contribution in [0, 0.1) is 0 Å². The van der Waals surface area contributed by atoms with Crippen LogP contribution in [0.15, 0.2) is 54.6 Å². The molecule has 62 valence electrons. The van der Waals surface area contributed by atoms with E-state index < -0.39 is 0 Å². The molecule has 12 heavy (non-hydrogen) atoms. The van der Waals surface area contributed by atoms with Crippen molar-refractivity contribution in [2.45, 2.75) is 13.3 Å². The Bertz CT molecular complexity index is 267. The van der Waals surface area contributed by atoms with E-state index in [1.807, 2.05) is 19.1 Å². The van der Waals surface area contributed by atoms with Crippen LogP contribution in [-0.4, -0.2) is 0 Å². The van der Waals surface area contributed by atoms with Crippen molar-refractivity contribution in [3.05, 3.63) is 60.2 Å². The number of allylic oxidation sites excluding steroid dienone is 3. The Labute approximate surface area is 74.2 Å². The summed E-state index contributed by atoms with van der Waals surface area (Å²) >= 11 is 0. The summed E-state index contributed by atoms with van der Waals surface area (Å²) in [7, 11) is 0. The van der Waals surface area contributed by atoms with Crippen LogP contribution in [-0.2, 0) is 6.42 Å². The molecule has 0 aliphatic heterocycles. The summed E-state index contributed by atoms with van der Waals surface area (Å²) in [6, 6.07) is 10.4. The highest BCUT2D eigenvalue weighted by Gasteiger charge is 1.92. The van der Waals surface area contributed by atoms with Crippen LogP contribution >= 0.6 is 0 Å². The molecule has 0 atom stereocenters. The van der Waals surface area contributed by atoms with E-state index in [1.54, 1.807) is 0 Å². The largest absolute Gasteiger partial charge is 0.0988 e. The van der Waals surface area contributed by atoms with Gasteiger partial charge in [-0.05, 0) is 24.5 Å². The topological polar surface area (TPSA) is 0 Å². The Morgan fingerprint density at radius 1 is 1.33 bits per heavy atom. The number of rotatable bonds is 3. The minimum atomic E-state index is 0.987. The van der Waals surface area contributed by atoms with E-state index in [4.69, 9.17) is 0 Å². The van der Waals surface area contributed by atoms with Gasteiger partial charge in [0.15, 0.2) is 0 Å². The molecule has 0 saturated heterocycles. The van der Waals surface area contributed by atoms with Crippen molar-refractivity contribution in [1.82, 2.24) is 0 Å².